The van der Waals surface area contributed by atoms with Crippen LogP contribution in [0.4, 0.5) is 5.82 Å². The number of rotatable bonds is 4. The van der Waals surface area contributed by atoms with Crippen LogP contribution in [0, 0.1) is 0 Å². The maximum absolute atomic E-state index is 5.43. The Hall–Kier alpha value is -1.11. The molecule has 2 aliphatic heterocycles. The molecule has 2 saturated heterocycles. The number of morpholine rings is 1. The van der Waals surface area contributed by atoms with Gasteiger partial charge in [-0.15, -0.1) is 0 Å². The average Bonchev–Trinajstić information content (AvgIpc) is 2.74. The first-order chi connectivity index (χ1) is 8.43. The lowest BCUT2D eigenvalue weighted by atomic mass is 10.2. The summed E-state index contributed by atoms with van der Waals surface area (Å²) in [6, 6.07) is 2.93. The van der Waals surface area contributed by atoms with E-state index in [9.17, 15) is 0 Å². The Morgan fingerprint density at radius 3 is 3.18 bits per heavy atom. The fraction of sp³-hybridized carbons (Fsp3) is 0.727. The molecule has 0 amide bonds. The third-order valence-corrected chi connectivity index (χ3v) is 3.30. The molecule has 0 aromatic carbocycles. The van der Waals surface area contributed by atoms with Gasteiger partial charge in [-0.25, -0.2) is 4.68 Å². The van der Waals surface area contributed by atoms with Crippen LogP contribution in [-0.4, -0.2) is 55.2 Å². The topological polar surface area (TPSA) is 63.1 Å². The Morgan fingerprint density at radius 1 is 1.53 bits per heavy atom. The second-order valence-corrected chi connectivity index (χ2v) is 4.58. The molecular weight excluding hydrogens is 218 g/mol. The van der Waals surface area contributed by atoms with Crippen molar-refractivity contribution in [2.45, 2.75) is 12.1 Å². The van der Waals surface area contributed by atoms with Gasteiger partial charge in [0.15, 0.2) is 0 Å². The predicted molar refractivity (Wildman–Crippen MR) is 65.2 cm³/mol. The first kappa shape index (κ1) is 11.0. The summed E-state index contributed by atoms with van der Waals surface area (Å²) in [5.41, 5.74) is 0. The molecule has 17 heavy (non-hydrogen) atoms. The van der Waals surface area contributed by atoms with Crippen molar-refractivity contribution in [3.05, 3.63) is 12.3 Å². The van der Waals surface area contributed by atoms with Gasteiger partial charge in [-0.05, 0) is 0 Å². The summed E-state index contributed by atoms with van der Waals surface area (Å²) in [7, 11) is 0. The van der Waals surface area contributed by atoms with Gasteiger partial charge in [0.05, 0.1) is 25.5 Å². The second kappa shape index (κ2) is 5.03. The van der Waals surface area contributed by atoms with Crippen molar-refractivity contribution in [1.82, 2.24) is 20.4 Å². The van der Waals surface area contributed by atoms with Crippen LogP contribution >= 0.6 is 0 Å². The summed E-state index contributed by atoms with van der Waals surface area (Å²) >= 11 is 0. The van der Waals surface area contributed by atoms with Crippen LogP contribution in [0.1, 0.15) is 6.04 Å². The van der Waals surface area contributed by atoms with Gasteiger partial charge in [-0.2, -0.15) is 5.10 Å². The van der Waals surface area contributed by atoms with E-state index in [1.165, 1.54) is 0 Å². The van der Waals surface area contributed by atoms with Crippen LogP contribution in [-0.2, 0) is 4.74 Å². The molecule has 94 valence electrons. The van der Waals surface area contributed by atoms with E-state index in [0.717, 1.165) is 45.2 Å². The van der Waals surface area contributed by atoms with Crippen LogP contribution < -0.4 is 16.0 Å². The van der Waals surface area contributed by atoms with Crippen molar-refractivity contribution >= 4 is 5.82 Å². The molecule has 1 unspecified atom stereocenters. The average molecular weight is 237 g/mol. The minimum Gasteiger partial charge on any atom is -0.378 e. The molecule has 0 saturated carbocycles. The number of hydrogen-bond acceptors (Lipinski definition) is 5. The molecule has 3 heterocycles. The van der Waals surface area contributed by atoms with Crippen molar-refractivity contribution in [1.29, 1.82) is 0 Å². The highest BCUT2D eigenvalue weighted by molar-refractivity contribution is 5.35. The van der Waals surface area contributed by atoms with Crippen molar-refractivity contribution in [2.24, 2.45) is 0 Å². The minimum atomic E-state index is 0.395. The zero-order valence-corrected chi connectivity index (χ0v) is 9.85. The molecule has 2 aliphatic rings. The Kier molecular flexibility index (Phi) is 3.26. The smallest absolute Gasteiger partial charge is 0.124 e. The summed E-state index contributed by atoms with van der Waals surface area (Å²) in [4.78, 5) is 0. The highest BCUT2D eigenvalue weighted by Crippen LogP contribution is 2.17. The molecule has 6 nitrogen and oxygen atoms in total. The van der Waals surface area contributed by atoms with Crippen LogP contribution in [0.25, 0.3) is 0 Å². The van der Waals surface area contributed by atoms with E-state index >= 15 is 0 Å². The van der Waals surface area contributed by atoms with E-state index in [-0.39, 0.29) is 0 Å². The maximum Gasteiger partial charge on any atom is 0.124 e. The van der Waals surface area contributed by atoms with Crippen LogP contribution in [0.3, 0.4) is 0 Å². The van der Waals surface area contributed by atoms with E-state index in [2.05, 4.69) is 25.7 Å². The number of hydrogen-bond donors (Lipinski definition) is 3. The molecular formula is C11H19N5O. The lowest BCUT2D eigenvalue weighted by molar-refractivity contribution is 0.0806. The summed E-state index contributed by atoms with van der Waals surface area (Å²) in [5, 5.41) is 14.5. The summed E-state index contributed by atoms with van der Waals surface area (Å²) in [5.74, 6) is 1.10. The lowest BCUT2D eigenvalue weighted by Crippen LogP contribution is -2.46. The highest BCUT2D eigenvalue weighted by atomic mass is 16.5. The van der Waals surface area contributed by atoms with Gasteiger partial charge >= 0.3 is 0 Å². The zero-order valence-electron chi connectivity index (χ0n) is 9.85. The Morgan fingerprint density at radius 2 is 2.47 bits per heavy atom. The Bertz CT molecular complexity index is 356. The fourth-order valence-corrected chi connectivity index (χ4v) is 2.17. The molecule has 0 aliphatic carbocycles. The normalized spacial score (nSPS) is 25.5. The van der Waals surface area contributed by atoms with Gasteiger partial charge in [-0.3, -0.25) is 0 Å². The molecule has 6 heteroatoms. The summed E-state index contributed by atoms with van der Waals surface area (Å²) < 4.78 is 7.50. The molecule has 1 aromatic rings. The monoisotopic (exact) mass is 237 g/mol. The van der Waals surface area contributed by atoms with Gasteiger partial charge in [0.1, 0.15) is 5.82 Å². The number of ether oxygens (including phenoxy) is 1. The summed E-state index contributed by atoms with van der Waals surface area (Å²) in [6.45, 7) is 5.46. The molecule has 0 bridgehead atoms. The van der Waals surface area contributed by atoms with E-state index in [1.807, 2.05) is 12.3 Å². The van der Waals surface area contributed by atoms with Gasteiger partial charge in [0, 0.05) is 38.3 Å². The standard InChI is InChI=1S/C11H19N5O/c1-2-15-16(10-6-12-7-10)11(1)14-5-9-8-17-4-3-13-9/h1-2,9-10,12-14H,3-8H2. The van der Waals surface area contributed by atoms with Gasteiger partial charge in [0.2, 0.25) is 0 Å². The lowest BCUT2D eigenvalue weighted by Gasteiger charge is -2.30. The van der Waals surface area contributed by atoms with Crippen molar-refractivity contribution in [3.8, 4) is 0 Å². The number of nitrogens with zero attached hydrogens (tertiary/aromatic N) is 2. The first-order valence-corrected chi connectivity index (χ1v) is 6.23. The number of aromatic nitrogens is 2. The first-order valence-electron chi connectivity index (χ1n) is 6.23. The van der Waals surface area contributed by atoms with E-state index in [4.69, 9.17) is 4.74 Å². The Balaban J connectivity index is 1.55. The van der Waals surface area contributed by atoms with Crippen LogP contribution in [0.5, 0.6) is 0 Å². The number of nitrogens with one attached hydrogen (secondary N) is 3. The van der Waals surface area contributed by atoms with Crippen LogP contribution in [0.15, 0.2) is 12.3 Å². The molecule has 1 atom stereocenters. The Labute approximate surface area is 101 Å². The van der Waals surface area contributed by atoms with E-state index < -0.39 is 0 Å². The van der Waals surface area contributed by atoms with Gasteiger partial charge in [-0.1, -0.05) is 0 Å². The third kappa shape index (κ3) is 2.43. The third-order valence-electron chi connectivity index (χ3n) is 3.30. The molecule has 3 rings (SSSR count). The van der Waals surface area contributed by atoms with E-state index in [0.29, 0.717) is 12.1 Å². The molecule has 2 fully saturated rings. The second-order valence-electron chi connectivity index (χ2n) is 4.58. The fourth-order valence-electron chi connectivity index (χ4n) is 2.17. The predicted octanol–water partition coefficient (Wildman–Crippen LogP) is -0.572. The largest absolute Gasteiger partial charge is 0.378 e. The number of anilines is 1. The van der Waals surface area contributed by atoms with Crippen LogP contribution in [0.2, 0.25) is 0 Å². The van der Waals surface area contributed by atoms with Crippen molar-refractivity contribution < 1.29 is 4.74 Å². The zero-order chi connectivity index (χ0) is 11.5. The van der Waals surface area contributed by atoms with E-state index in [1.54, 1.807) is 0 Å². The van der Waals surface area contributed by atoms with Gasteiger partial charge in [0.25, 0.3) is 0 Å². The quantitative estimate of drug-likeness (QED) is 0.654. The molecule has 1 aromatic heterocycles. The van der Waals surface area contributed by atoms with Crippen molar-refractivity contribution in [2.75, 3.05) is 44.7 Å². The summed E-state index contributed by atoms with van der Waals surface area (Å²) in [6.07, 6.45) is 1.85. The van der Waals surface area contributed by atoms with Crippen molar-refractivity contribution in [3.63, 3.8) is 0 Å². The highest BCUT2D eigenvalue weighted by Gasteiger charge is 2.22. The minimum absolute atomic E-state index is 0.395. The maximum atomic E-state index is 5.43. The van der Waals surface area contributed by atoms with Gasteiger partial charge < -0.3 is 20.7 Å². The SMILES string of the molecule is c1cc(NCC2COCCN2)n(C2CNC2)n1. The molecule has 3 N–H and O–H groups in total. The molecule has 0 spiro atoms. The molecule has 0 radical (unpaired) electrons.